The lowest BCUT2D eigenvalue weighted by Gasteiger charge is -2.32. The first kappa shape index (κ1) is 21.0. The second-order valence-electron chi connectivity index (χ2n) is 7.29. The van der Waals surface area contributed by atoms with Crippen LogP contribution in [0.3, 0.4) is 0 Å². The maximum absolute atomic E-state index is 12.9. The van der Waals surface area contributed by atoms with Gasteiger partial charge in [-0.05, 0) is 41.8 Å². The average molecular weight is 427 g/mol. The summed E-state index contributed by atoms with van der Waals surface area (Å²) in [5, 5.41) is 0. The van der Waals surface area contributed by atoms with Crippen molar-refractivity contribution in [3.8, 4) is 0 Å². The first-order chi connectivity index (χ1) is 14.9. The van der Waals surface area contributed by atoms with E-state index in [1.54, 1.807) is 47.6 Å². The van der Waals surface area contributed by atoms with Crippen LogP contribution < -0.4 is 0 Å². The summed E-state index contributed by atoms with van der Waals surface area (Å²) in [4.78, 5) is 22.9. The van der Waals surface area contributed by atoms with Gasteiger partial charge in [-0.3, -0.25) is 14.8 Å². The maximum Gasteiger partial charge on any atom is 0.416 e. The van der Waals surface area contributed by atoms with E-state index >= 15 is 0 Å². The quantitative estimate of drug-likeness (QED) is 0.623. The van der Waals surface area contributed by atoms with Crippen LogP contribution in [-0.4, -0.2) is 40.5 Å². The molecule has 3 heterocycles. The number of benzene rings is 1. The summed E-state index contributed by atoms with van der Waals surface area (Å²) in [6, 6.07) is 14.1. The molecule has 3 aromatic rings. The molecule has 1 amide bonds. The van der Waals surface area contributed by atoms with Crippen molar-refractivity contribution >= 4 is 5.91 Å². The average Bonchev–Trinajstić information content (AvgIpc) is 2.79. The first-order valence-electron chi connectivity index (χ1n) is 9.83. The first-order valence-corrected chi connectivity index (χ1v) is 9.83. The Hall–Kier alpha value is -3.26. The predicted octanol–water partition coefficient (Wildman–Crippen LogP) is 4.30. The van der Waals surface area contributed by atoms with Crippen molar-refractivity contribution in [3.63, 3.8) is 0 Å². The van der Waals surface area contributed by atoms with Crippen molar-refractivity contribution in [2.45, 2.75) is 18.7 Å². The monoisotopic (exact) mass is 427 g/mol. The van der Waals surface area contributed by atoms with Gasteiger partial charge in [-0.2, -0.15) is 13.2 Å². The Morgan fingerprint density at radius 2 is 1.94 bits per heavy atom. The molecule has 0 spiro atoms. The third-order valence-corrected chi connectivity index (χ3v) is 5.08. The topological polar surface area (TPSA) is 55.3 Å². The lowest BCUT2D eigenvalue weighted by Crippen LogP contribution is -2.42. The lowest BCUT2D eigenvalue weighted by atomic mass is 10.0. The molecule has 1 fully saturated rings. The number of carbonyl (C=O) groups is 1. The van der Waals surface area contributed by atoms with Crippen LogP contribution in [0.2, 0.25) is 0 Å². The third kappa shape index (κ3) is 5.08. The van der Waals surface area contributed by atoms with Gasteiger partial charge in [-0.25, -0.2) is 0 Å². The molecule has 8 heteroatoms. The number of aromatic nitrogens is 2. The van der Waals surface area contributed by atoms with Crippen LogP contribution in [0.4, 0.5) is 13.2 Å². The normalized spacial score (nSPS) is 16.9. The Morgan fingerprint density at radius 1 is 1.06 bits per heavy atom. The van der Waals surface area contributed by atoms with Crippen LogP contribution in [0.5, 0.6) is 0 Å². The van der Waals surface area contributed by atoms with Gasteiger partial charge in [0.1, 0.15) is 11.8 Å². The van der Waals surface area contributed by atoms with Gasteiger partial charge in [0.2, 0.25) is 0 Å². The molecular weight excluding hydrogens is 407 g/mol. The van der Waals surface area contributed by atoms with Crippen molar-refractivity contribution in [2.75, 3.05) is 19.7 Å². The summed E-state index contributed by atoms with van der Waals surface area (Å²) < 4.78 is 44.5. The third-order valence-electron chi connectivity index (χ3n) is 5.08. The number of ether oxygens (including phenoxy) is 1. The minimum Gasteiger partial charge on any atom is -0.368 e. The molecule has 4 rings (SSSR count). The van der Waals surface area contributed by atoms with E-state index in [2.05, 4.69) is 9.97 Å². The zero-order valence-electron chi connectivity index (χ0n) is 16.5. The van der Waals surface area contributed by atoms with E-state index in [1.165, 1.54) is 6.07 Å². The molecule has 0 saturated carbocycles. The molecule has 1 aliphatic rings. The minimum atomic E-state index is -4.37. The number of carbonyl (C=O) groups excluding carboxylic acids is 1. The highest BCUT2D eigenvalue weighted by Gasteiger charge is 2.30. The Kier molecular flexibility index (Phi) is 5.99. The highest BCUT2D eigenvalue weighted by molar-refractivity contribution is 5.92. The second-order valence-corrected chi connectivity index (χ2v) is 7.29. The number of alkyl halides is 3. The van der Waals surface area contributed by atoms with E-state index in [-0.39, 0.29) is 12.0 Å². The van der Waals surface area contributed by atoms with E-state index < -0.39 is 11.7 Å². The number of rotatable bonds is 4. The molecule has 160 valence electrons. The zero-order chi connectivity index (χ0) is 21.8. The molecule has 1 aromatic carbocycles. The van der Waals surface area contributed by atoms with Gasteiger partial charge in [0.25, 0.3) is 5.91 Å². The maximum atomic E-state index is 12.9. The Morgan fingerprint density at radius 3 is 2.65 bits per heavy atom. The molecule has 2 aromatic heterocycles. The van der Waals surface area contributed by atoms with E-state index in [0.717, 1.165) is 17.7 Å². The molecule has 31 heavy (non-hydrogen) atoms. The number of hydrogen-bond donors (Lipinski definition) is 0. The Labute approximate surface area is 177 Å². The van der Waals surface area contributed by atoms with E-state index in [0.29, 0.717) is 43.1 Å². The predicted molar refractivity (Wildman–Crippen MR) is 107 cm³/mol. The molecule has 1 aliphatic heterocycles. The summed E-state index contributed by atoms with van der Waals surface area (Å²) in [6.45, 7) is 1.21. The highest BCUT2D eigenvalue weighted by atomic mass is 19.4. The molecule has 5 nitrogen and oxygen atoms in total. The van der Waals surface area contributed by atoms with E-state index in [4.69, 9.17) is 4.74 Å². The second kappa shape index (κ2) is 8.85. The molecule has 0 bridgehead atoms. The van der Waals surface area contributed by atoms with Gasteiger partial charge in [0.15, 0.2) is 0 Å². The molecule has 1 atom stereocenters. The van der Waals surface area contributed by atoms with Gasteiger partial charge in [-0.1, -0.05) is 30.3 Å². The number of morpholine rings is 1. The van der Waals surface area contributed by atoms with Crippen LogP contribution in [-0.2, 0) is 17.3 Å². The fourth-order valence-electron chi connectivity index (χ4n) is 3.49. The number of halogens is 3. The van der Waals surface area contributed by atoms with Crippen molar-refractivity contribution in [3.05, 3.63) is 95.1 Å². The summed E-state index contributed by atoms with van der Waals surface area (Å²) in [5.74, 6) is -0.157. The molecule has 1 saturated heterocycles. The summed E-state index contributed by atoms with van der Waals surface area (Å²) in [7, 11) is 0. The SMILES string of the molecule is O=C(c1ccccn1)N1CCO[C@H](c2ccc(Cc3cccc(C(F)(F)F)c3)cn2)C1. The molecule has 0 radical (unpaired) electrons. The summed E-state index contributed by atoms with van der Waals surface area (Å²) in [5.41, 5.74) is 1.74. The van der Waals surface area contributed by atoms with Crippen molar-refractivity contribution in [2.24, 2.45) is 0 Å². The van der Waals surface area contributed by atoms with Crippen LogP contribution in [0.1, 0.15) is 39.0 Å². The van der Waals surface area contributed by atoms with Gasteiger partial charge < -0.3 is 9.64 Å². The minimum absolute atomic E-state index is 0.157. The Balaban J connectivity index is 1.43. The van der Waals surface area contributed by atoms with E-state index in [9.17, 15) is 18.0 Å². The molecule has 0 N–H and O–H groups in total. The van der Waals surface area contributed by atoms with Gasteiger partial charge >= 0.3 is 6.18 Å². The van der Waals surface area contributed by atoms with Crippen LogP contribution >= 0.6 is 0 Å². The fourth-order valence-corrected chi connectivity index (χ4v) is 3.49. The van der Waals surface area contributed by atoms with Crippen LogP contribution in [0.15, 0.2) is 67.0 Å². The molecule has 0 aliphatic carbocycles. The molecule has 0 unspecified atom stereocenters. The molecular formula is C23H20F3N3O2. The lowest BCUT2D eigenvalue weighted by molar-refractivity contribution is -0.137. The standard InChI is InChI=1S/C23H20F3N3O2/c24-23(25,26)18-5-3-4-16(13-18)12-17-7-8-19(28-14-17)21-15-29(10-11-31-21)22(30)20-6-1-2-9-27-20/h1-9,13-14,21H,10-12,15H2/t21-/m0/s1. The summed E-state index contributed by atoms with van der Waals surface area (Å²) >= 11 is 0. The van der Waals surface area contributed by atoms with Crippen LogP contribution in [0, 0.1) is 0 Å². The highest BCUT2D eigenvalue weighted by Crippen LogP contribution is 2.30. The van der Waals surface area contributed by atoms with Crippen molar-refractivity contribution in [1.82, 2.24) is 14.9 Å². The van der Waals surface area contributed by atoms with Crippen LogP contribution in [0.25, 0.3) is 0 Å². The number of pyridine rings is 2. The van der Waals surface area contributed by atoms with E-state index in [1.807, 2.05) is 6.07 Å². The largest absolute Gasteiger partial charge is 0.416 e. The van der Waals surface area contributed by atoms with Gasteiger partial charge in [0, 0.05) is 18.9 Å². The van der Waals surface area contributed by atoms with Crippen molar-refractivity contribution < 1.29 is 22.7 Å². The number of hydrogen-bond acceptors (Lipinski definition) is 4. The van der Waals surface area contributed by atoms with Gasteiger partial charge in [-0.15, -0.1) is 0 Å². The number of nitrogens with zero attached hydrogens (tertiary/aromatic N) is 3. The number of amides is 1. The Bertz CT molecular complexity index is 1040. The zero-order valence-corrected chi connectivity index (χ0v) is 16.5. The fraction of sp³-hybridized carbons (Fsp3) is 0.261. The smallest absolute Gasteiger partial charge is 0.368 e. The summed E-state index contributed by atoms with van der Waals surface area (Å²) in [6.07, 6.45) is -1.18. The van der Waals surface area contributed by atoms with Gasteiger partial charge in [0.05, 0.1) is 24.4 Å². The van der Waals surface area contributed by atoms with Crippen molar-refractivity contribution in [1.29, 1.82) is 0 Å².